The van der Waals surface area contributed by atoms with Gasteiger partial charge in [-0.2, -0.15) is 5.26 Å². The van der Waals surface area contributed by atoms with Crippen molar-refractivity contribution in [2.24, 2.45) is 18.2 Å². The highest BCUT2D eigenvalue weighted by atomic mass is 16.5. The van der Waals surface area contributed by atoms with Gasteiger partial charge in [0, 0.05) is 7.05 Å². The zero-order valence-electron chi connectivity index (χ0n) is 10.1. The summed E-state index contributed by atoms with van der Waals surface area (Å²) in [5.41, 5.74) is 8.52. The fourth-order valence-electron chi connectivity index (χ4n) is 2.30. The number of benzene rings is 1. The lowest BCUT2D eigenvalue weighted by atomic mass is 9.77. The Balaban J connectivity index is 2.02. The molecule has 0 spiro atoms. The molecule has 1 saturated heterocycles. The van der Waals surface area contributed by atoms with Gasteiger partial charge in [-0.05, 0) is 17.7 Å². The molecule has 1 unspecified atom stereocenters. The third kappa shape index (κ3) is 1.43. The van der Waals surface area contributed by atoms with Gasteiger partial charge in [0.2, 0.25) is 0 Å². The van der Waals surface area contributed by atoms with E-state index in [9.17, 15) is 5.26 Å². The predicted octanol–water partition coefficient (Wildman–Crippen LogP) is 1.11. The van der Waals surface area contributed by atoms with E-state index >= 15 is 0 Å². The van der Waals surface area contributed by atoms with Gasteiger partial charge >= 0.3 is 0 Å². The molecule has 1 aromatic heterocycles. The Morgan fingerprint density at radius 1 is 1.56 bits per heavy atom. The number of nitriles is 1. The number of aromatic nitrogens is 2. The largest absolute Gasteiger partial charge is 0.378 e. The molecule has 1 fully saturated rings. The predicted molar refractivity (Wildman–Crippen MR) is 66.5 cm³/mol. The first-order chi connectivity index (χ1) is 8.66. The van der Waals surface area contributed by atoms with Crippen LogP contribution in [-0.2, 0) is 11.8 Å². The van der Waals surface area contributed by atoms with Crippen molar-refractivity contribution in [3.8, 4) is 6.07 Å². The van der Waals surface area contributed by atoms with Crippen molar-refractivity contribution < 1.29 is 4.74 Å². The van der Waals surface area contributed by atoms with E-state index in [1.807, 2.05) is 29.8 Å². The zero-order chi connectivity index (χ0) is 12.8. The minimum absolute atomic E-state index is 0.331. The fraction of sp³-hybridized carbons (Fsp3) is 0.385. The molecule has 1 aliphatic rings. The summed E-state index contributed by atoms with van der Waals surface area (Å²) in [5, 5.41) is 9.26. The van der Waals surface area contributed by atoms with Gasteiger partial charge in [0.05, 0.1) is 42.7 Å². The van der Waals surface area contributed by atoms with E-state index < -0.39 is 5.41 Å². The Bertz CT molecular complexity index is 636. The van der Waals surface area contributed by atoms with Crippen molar-refractivity contribution in [2.75, 3.05) is 13.2 Å². The molecular formula is C13H14N4O. The lowest BCUT2D eigenvalue weighted by Crippen LogP contribution is -2.49. The number of aryl methyl sites for hydroxylation is 1. The van der Waals surface area contributed by atoms with E-state index in [-0.39, 0.29) is 6.04 Å². The second-order valence-electron chi connectivity index (χ2n) is 4.84. The Morgan fingerprint density at radius 3 is 2.94 bits per heavy atom. The molecule has 1 aliphatic heterocycles. The summed E-state index contributed by atoms with van der Waals surface area (Å²) in [5.74, 6) is 0. The number of hydrogen-bond donors (Lipinski definition) is 1. The summed E-state index contributed by atoms with van der Waals surface area (Å²) in [7, 11) is 1.95. The van der Waals surface area contributed by atoms with Crippen LogP contribution in [-0.4, -0.2) is 22.8 Å². The Morgan fingerprint density at radius 2 is 2.33 bits per heavy atom. The van der Waals surface area contributed by atoms with Crippen molar-refractivity contribution in [3.05, 3.63) is 30.1 Å². The number of hydrogen-bond acceptors (Lipinski definition) is 4. The average molecular weight is 242 g/mol. The molecule has 0 aliphatic carbocycles. The van der Waals surface area contributed by atoms with Crippen LogP contribution in [0, 0.1) is 16.7 Å². The normalized spacial score (nSPS) is 19.2. The third-order valence-corrected chi connectivity index (χ3v) is 3.65. The number of imidazole rings is 1. The maximum Gasteiger partial charge on any atom is 0.123 e. The van der Waals surface area contributed by atoms with Crippen LogP contribution in [0.2, 0.25) is 0 Å². The number of nitrogens with zero attached hydrogens (tertiary/aromatic N) is 3. The minimum Gasteiger partial charge on any atom is -0.378 e. The molecule has 3 rings (SSSR count). The standard InChI is InChI=1S/C13H14N4O/c1-17-8-16-10-4-9(2-3-11(10)17)12(15)13(5-14)6-18-7-13/h2-4,8,12H,6-7,15H2,1H3. The quantitative estimate of drug-likeness (QED) is 0.855. The molecule has 5 nitrogen and oxygen atoms in total. The van der Waals surface area contributed by atoms with Crippen LogP contribution in [0.15, 0.2) is 24.5 Å². The van der Waals surface area contributed by atoms with Gasteiger partial charge in [-0.3, -0.25) is 0 Å². The minimum atomic E-state index is -0.581. The van der Waals surface area contributed by atoms with E-state index in [1.165, 1.54) is 0 Å². The van der Waals surface area contributed by atoms with Gasteiger partial charge in [-0.1, -0.05) is 6.07 Å². The Labute approximate surface area is 105 Å². The molecule has 5 heteroatoms. The van der Waals surface area contributed by atoms with E-state index in [2.05, 4.69) is 11.1 Å². The smallest absolute Gasteiger partial charge is 0.123 e. The number of fused-ring (bicyclic) bond motifs is 1. The lowest BCUT2D eigenvalue weighted by molar-refractivity contribution is -0.0910. The average Bonchev–Trinajstić information content (AvgIpc) is 2.70. The molecule has 18 heavy (non-hydrogen) atoms. The molecule has 2 N–H and O–H groups in total. The van der Waals surface area contributed by atoms with Crippen molar-refractivity contribution in [2.45, 2.75) is 6.04 Å². The molecule has 2 heterocycles. The van der Waals surface area contributed by atoms with Crippen LogP contribution >= 0.6 is 0 Å². The molecule has 0 bridgehead atoms. The molecule has 0 amide bonds. The van der Waals surface area contributed by atoms with Crippen molar-refractivity contribution in [1.29, 1.82) is 5.26 Å². The SMILES string of the molecule is Cn1cnc2cc(C(N)C3(C#N)COC3)ccc21. The monoisotopic (exact) mass is 242 g/mol. The first-order valence-electron chi connectivity index (χ1n) is 5.82. The summed E-state index contributed by atoms with van der Waals surface area (Å²) in [6.45, 7) is 0.815. The van der Waals surface area contributed by atoms with E-state index in [1.54, 1.807) is 6.33 Å². The maximum absolute atomic E-state index is 9.26. The van der Waals surface area contributed by atoms with Crippen molar-refractivity contribution >= 4 is 11.0 Å². The van der Waals surface area contributed by atoms with Crippen molar-refractivity contribution in [1.82, 2.24) is 9.55 Å². The van der Waals surface area contributed by atoms with Gasteiger partial charge in [0.25, 0.3) is 0 Å². The third-order valence-electron chi connectivity index (χ3n) is 3.65. The number of rotatable bonds is 2. The number of ether oxygens (including phenoxy) is 1. The van der Waals surface area contributed by atoms with E-state index in [0.29, 0.717) is 13.2 Å². The fourth-order valence-corrected chi connectivity index (χ4v) is 2.30. The van der Waals surface area contributed by atoms with E-state index in [0.717, 1.165) is 16.6 Å². The second-order valence-corrected chi connectivity index (χ2v) is 4.84. The molecular weight excluding hydrogens is 228 g/mol. The van der Waals surface area contributed by atoms with E-state index in [4.69, 9.17) is 10.5 Å². The summed E-state index contributed by atoms with van der Waals surface area (Å²) < 4.78 is 7.10. The van der Waals surface area contributed by atoms with Gasteiger partial charge in [0.1, 0.15) is 5.41 Å². The Hall–Kier alpha value is -1.90. The molecule has 0 saturated carbocycles. The molecule has 0 radical (unpaired) electrons. The van der Waals surface area contributed by atoms with Crippen LogP contribution in [0.4, 0.5) is 0 Å². The first-order valence-corrected chi connectivity index (χ1v) is 5.82. The highest BCUT2D eigenvalue weighted by Gasteiger charge is 2.45. The molecule has 2 aromatic rings. The van der Waals surface area contributed by atoms with Gasteiger partial charge in [-0.25, -0.2) is 4.98 Å². The molecule has 1 atom stereocenters. The van der Waals surface area contributed by atoms with Crippen LogP contribution in [0.1, 0.15) is 11.6 Å². The second kappa shape index (κ2) is 3.80. The van der Waals surface area contributed by atoms with Crippen LogP contribution in [0.5, 0.6) is 0 Å². The Kier molecular flexibility index (Phi) is 2.37. The highest BCUT2D eigenvalue weighted by molar-refractivity contribution is 5.76. The van der Waals surface area contributed by atoms with Crippen molar-refractivity contribution in [3.63, 3.8) is 0 Å². The van der Waals surface area contributed by atoms with Crippen LogP contribution in [0.25, 0.3) is 11.0 Å². The lowest BCUT2D eigenvalue weighted by Gasteiger charge is -2.39. The maximum atomic E-state index is 9.26. The van der Waals surface area contributed by atoms with Crippen LogP contribution in [0.3, 0.4) is 0 Å². The summed E-state index contributed by atoms with van der Waals surface area (Å²) in [6, 6.07) is 7.87. The molecule has 92 valence electrons. The summed E-state index contributed by atoms with van der Waals surface area (Å²) in [4.78, 5) is 4.31. The molecule has 1 aromatic carbocycles. The topological polar surface area (TPSA) is 76.9 Å². The van der Waals surface area contributed by atoms with Gasteiger partial charge < -0.3 is 15.0 Å². The van der Waals surface area contributed by atoms with Gasteiger partial charge in [-0.15, -0.1) is 0 Å². The summed E-state index contributed by atoms with van der Waals surface area (Å²) in [6.07, 6.45) is 1.77. The number of nitrogens with two attached hydrogens (primary N) is 1. The first kappa shape index (κ1) is 11.2. The highest BCUT2D eigenvalue weighted by Crippen LogP contribution is 2.38. The summed E-state index contributed by atoms with van der Waals surface area (Å²) >= 11 is 0. The van der Waals surface area contributed by atoms with Crippen LogP contribution < -0.4 is 5.73 Å². The van der Waals surface area contributed by atoms with Gasteiger partial charge in [0.15, 0.2) is 0 Å². The zero-order valence-corrected chi connectivity index (χ0v) is 10.1.